The first-order chi connectivity index (χ1) is 13.8. The second-order valence-electron chi connectivity index (χ2n) is 6.14. The molecule has 0 amide bonds. The van der Waals surface area contributed by atoms with Gasteiger partial charge in [0.25, 0.3) is 0 Å². The van der Waals surface area contributed by atoms with Gasteiger partial charge in [0, 0.05) is 11.6 Å². The molecule has 0 radical (unpaired) electrons. The third-order valence-electron chi connectivity index (χ3n) is 4.04. The number of unbranched alkanes of at least 4 members (excludes halogenated alkanes) is 2. The highest BCUT2D eigenvalue weighted by Gasteiger charge is 2.40. The number of carbonyl (C=O) groups excluding carboxylic acids is 1. The zero-order valence-electron chi connectivity index (χ0n) is 16.2. The number of carbonyl (C=O) groups is 1. The molecular weight excluding hydrogens is 500 g/mol. The SMILES string of the molecule is COc1cc(CCCCCOC(=O)C(F)(F)F)c([I+]c2ccccc2)c(OC)c1. The number of rotatable bonds is 10. The van der Waals surface area contributed by atoms with E-state index < -0.39 is 33.4 Å². The molecule has 2 aromatic rings. The van der Waals surface area contributed by atoms with Crippen molar-refractivity contribution in [2.75, 3.05) is 20.8 Å². The summed E-state index contributed by atoms with van der Waals surface area (Å²) >= 11 is -0.466. The van der Waals surface area contributed by atoms with Crippen molar-refractivity contribution >= 4 is 5.97 Å². The van der Waals surface area contributed by atoms with E-state index in [0.29, 0.717) is 18.6 Å². The van der Waals surface area contributed by atoms with E-state index in [2.05, 4.69) is 16.9 Å². The third kappa shape index (κ3) is 7.41. The monoisotopic (exact) mass is 523 g/mol. The molecule has 0 atom stereocenters. The Kier molecular flexibility index (Phi) is 9.06. The molecule has 0 aliphatic rings. The second-order valence-corrected chi connectivity index (χ2v) is 9.00. The van der Waals surface area contributed by atoms with Gasteiger partial charge in [0.1, 0.15) is 5.75 Å². The Morgan fingerprint density at radius 3 is 2.34 bits per heavy atom. The molecule has 0 saturated heterocycles. The number of alkyl halides is 3. The Morgan fingerprint density at radius 2 is 1.72 bits per heavy atom. The summed E-state index contributed by atoms with van der Waals surface area (Å²) in [5, 5.41) is 0. The fourth-order valence-corrected chi connectivity index (χ4v) is 5.42. The molecule has 0 bridgehead atoms. The van der Waals surface area contributed by atoms with Crippen molar-refractivity contribution in [3.63, 3.8) is 0 Å². The predicted octanol–water partition coefficient (Wildman–Crippen LogP) is 1.65. The van der Waals surface area contributed by atoms with Crippen molar-refractivity contribution in [2.45, 2.75) is 31.9 Å². The van der Waals surface area contributed by atoms with Gasteiger partial charge < -0.3 is 14.2 Å². The highest BCUT2D eigenvalue weighted by molar-refractivity contribution is 5.75. The van der Waals surface area contributed by atoms with Gasteiger partial charge in [-0.05, 0) is 43.9 Å². The van der Waals surface area contributed by atoms with Crippen LogP contribution in [-0.2, 0) is 16.0 Å². The molecule has 8 heteroatoms. The van der Waals surface area contributed by atoms with E-state index in [1.807, 2.05) is 30.3 Å². The van der Waals surface area contributed by atoms with Crippen molar-refractivity contribution in [3.05, 3.63) is 55.2 Å². The van der Waals surface area contributed by atoms with E-state index >= 15 is 0 Å². The minimum Gasteiger partial charge on any atom is -0.497 e. The summed E-state index contributed by atoms with van der Waals surface area (Å²) in [6, 6.07) is 14.0. The molecule has 4 nitrogen and oxygen atoms in total. The van der Waals surface area contributed by atoms with Gasteiger partial charge >= 0.3 is 33.4 Å². The molecule has 0 unspecified atom stereocenters. The van der Waals surface area contributed by atoms with Crippen LogP contribution in [0.5, 0.6) is 11.5 Å². The standard InChI is InChI=1S/C21H23F3IO4/c1-27-17-13-15(9-5-4-8-12-29-20(26)21(22,23)24)19(18(14-17)28-2)25-16-10-6-3-7-11-16/h3,6-7,10-11,13-14H,4-5,8-9,12H2,1-2H3/q+1. The molecule has 29 heavy (non-hydrogen) atoms. The maximum Gasteiger partial charge on any atom is 0.490 e. The van der Waals surface area contributed by atoms with Gasteiger partial charge in [-0.25, -0.2) is 4.79 Å². The van der Waals surface area contributed by atoms with E-state index in [1.165, 1.54) is 7.14 Å². The Balaban J connectivity index is 2.00. The lowest BCUT2D eigenvalue weighted by molar-refractivity contribution is -0.599. The lowest BCUT2D eigenvalue weighted by Crippen LogP contribution is -3.61. The summed E-state index contributed by atoms with van der Waals surface area (Å²) in [5.74, 6) is -0.642. The summed E-state index contributed by atoms with van der Waals surface area (Å²) in [6.07, 6.45) is -2.42. The maximum absolute atomic E-state index is 12.1. The highest BCUT2D eigenvalue weighted by atomic mass is 127. The van der Waals surface area contributed by atoms with Gasteiger partial charge in [-0.3, -0.25) is 0 Å². The minimum absolute atomic E-state index is 0.233. The molecule has 0 aliphatic heterocycles. The predicted molar refractivity (Wildman–Crippen MR) is 98.0 cm³/mol. The second kappa shape index (κ2) is 11.3. The Bertz CT molecular complexity index is 795. The van der Waals surface area contributed by atoms with Gasteiger partial charge in [-0.2, -0.15) is 13.2 Å². The molecule has 0 fully saturated rings. The van der Waals surface area contributed by atoms with Gasteiger partial charge in [-0.1, -0.05) is 18.2 Å². The number of ether oxygens (including phenoxy) is 3. The number of benzene rings is 2. The number of aryl methyl sites for hydroxylation is 1. The van der Waals surface area contributed by atoms with Crippen molar-refractivity contribution in [1.29, 1.82) is 0 Å². The van der Waals surface area contributed by atoms with Crippen molar-refractivity contribution in [1.82, 2.24) is 0 Å². The van der Waals surface area contributed by atoms with Crippen LogP contribution in [0.2, 0.25) is 0 Å². The summed E-state index contributed by atoms with van der Waals surface area (Å²) < 4.78 is 54.0. The lowest BCUT2D eigenvalue weighted by Gasteiger charge is -2.10. The average Bonchev–Trinajstić information content (AvgIpc) is 2.71. The van der Waals surface area contributed by atoms with Gasteiger partial charge in [0.15, 0.2) is 9.32 Å². The summed E-state index contributed by atoms with van der Waals surface area (Å²) in [5.41, 5.74) is 1.12. The highest BCUT2D eigenvalue weighted by Crippen LogP contribution is 2.24. The van der Waals surface area contributed by atoms with Crippen LogP contribution in [0.3, 0.4) is 0 Å². The van der Waals surface area contributed by atoms with Crippen LogP contribution in [0.15, 0.2) is 42.5 Å². The van der Waals surface area contributed by atoms with Gasteiger partial charge in [-0.15, -0.1) is 0 Å². The molecule has 0 spiro atoms. The Morgan fingerprint density at radius 1 is 1.00 bits per heavy atom. The zero-order valence-corrected chi connectivity index (χ0v) is 18.4. The van der Waals surface area contributed by atoms with Crippen molar-refractivity contribution < 1.29 is 53.4 Å². The first-order valence-corrected chi connectivity index (χ1v) is 11.2. The van der Waals surface area contributed by atoms with Crippen molar-refractivity contribution in [3.8, 4) is 11.5 Å². The summed E-state index contributed by atoms with van der Waals surface area (Å²) in [4.78, 5) is 10.7. The van der Waals surface area contributed by atoms with Crippen LogP contribution in [0, 0.1) is 7.14 Å². The Labute approximate surface area is 178 Å². The summed E-state index contributed by atoms with van der Waals surface area (Å²) in [6.45, 7) is -0.233. The van der Waals surface area contributed by atoms with Crippen LogP contribution < -0.4 is 30.7 Å². The zero-order chi connectivity index (χ0) is 21.3. The van der Waals surface area contributed by atoms with E-state index in [0.717, 1.165) is 24.2 Å². The van der Waals surface area contributed by atoms with E-state index in [-0.39, 0.29) is 6.61 Å². The fraction of sp³-hybridized carbons (Fsp3) is 0.381. The third-order valence-corrected chi connectivity index (χ3v) is 7.14. The molecule has 2 rings (SSSR count). The lowest BCUT2D eigenvalue weighted by atomic mass is 10.1. The molecule has 0 heterocycles. The molecule has 0 aliphatic carbocycles. The van der Waals surface area contributed by atoms with Crippen LogP contribution in [-0.4, -0.2) is 33.0 Å². The first kappa shape index (κ1) is 23.3. The minimum atomic E-state index is -4.94. The van der Waals surface area contributed by atoms with E-state index in [4.69, 9.17) is 9.47 Å². The number of esters is 1. The van der Waals surface area contributed by atoms with Gasteiger partial charge in [0.05, 0.1) is 20.8 Å². The van der Waals surface area contributed by atoms with E-state index in [1.54, 1.807) is 14.2 Å². The van der Waals surface area contributed by atoms with Crippen LogP contribution in [0.25, 0.3) is 0 Å². The molecule has 0 saturated carbocycles. The van der Waals surface area contributed by atoms with Crippen LogP contribution in [0.4, 0.5) is 13.2 Å². The maximum atomic E-state index is 12.1. The molecule has 158 valence electrons. The molecular formula is C21H23F3IO4+. The average molecular weight is 523 g/mol. The van der Waals surface area contributed by atoms with Crippen molar-refractivity contribution in [2.24, 2.45) is 0 Å². The summed E-state index contributed by atoms with van der Waals surface area (Å²) in [7, 11) is 3.23. The molecule has 0 aromatic heterocycles. The normalized spacial score (nSPS) is 11.2. The molecule has 0 N–H and O–H groups in total. The van der Waals surface area contributed by atoms with Crippen LogP contribution in [0.1, 0.15) is 24.8 Å². The largest absolute Gasteiger partial charge is 0.497 e. The topological polar surface area (TPSA) is 44.8 Å². The van der Waals surface area contributed by atoms with Gasteiger partial charge in [0.2, 0.25) is 3.57 Å². The number of hydrogen-bond donors (Lipinski definition) is 0. The first-order valence-electron chi connectivity index (χ1n) is 9.04. The van der Waals surface area contributed by atoms with E-state index in [9.17, 15) is 18.0 Å². The fourth-order valence-electron chi connectivity index (χ4n) is 2.61. The number of hydrogen-bond acceptors (Lipinski definition) is 4. The quantitative estimate of drug-likeness (QED) is 0.270. The number of methoxy groups -OCH3 is 2. The Hall–Kier alpha value is -1.97. The number of halogens is 4. The van der Waals surface area contributed by atoms with Crippen LogP contribution >= 0.6 is 0 Å². The smallest absolute Gasteiger partial charge is 0.490 e. The molecule has 2 aromatic carbocycles.